The van der Waals surface area contributed by atoms with E-state index < -0.39 is 23.1 Å². The second-order valence-corrected chi connectivity index (χ2v) is 6.19. The van der Waals surface area contributed by atoms with E-state index >= 15 is 0 Å². The Labute approximate surface area is 143 Å². The molecule has 3 rings (SSSR count). The number of hydrogen-bond donors (Lipinski definition) is 3. The maximum absolute atomic E-state index is 13.5. The number of hydrogen-bond acceptors (Lipinski definition) is 5. The van der Waals surface area contributed by atoms with E-state index in [4.69, 9.17) is 0 Å². The minimum Gasteiger partial charge on any atom is -0.388 e. The third-order valence-electron chi connectivity index (χ3n) is 4.21. The zero-order valence-corrected chi connectivity index (χ0v) is 13.5. The van der Waals surface area contributed by atoms with E-state index in [1.807, 2.05) is 0 Å². The van der Waals surface area contributed by atoms with Gasteiger partial charge >= 0.3 is 0 Å². The maximum atomic E-state index is 13.5. The van der Waals surface area contributed by atoms with Crippen molar-refractivity contribution in [3.63, 3.8) is 0 Å². The number of benzene rings is 1. The van der Waals surface area contributed by atoms with E-state index in [0.717, 1.165) is 31.3 Å². The van der Waals surface area contributed by atoms with E-state index in [-0.39, 0.29) is 24.3 Å². The van der Waals surface area contributed by atoms with Crippen LogP contribution in [0.1, 0.15) is 28.9 Å². The van der Waals surface area contributed by atoms with Crippen LogP contribution in [0.4, 0.5) is 8.78 Å². The Kier molecular flexibility index (Phi) is 5.05. The smallest absolute Gasteiger partial charge is 0.273 e. The Morgan fingerprint density at radius 2 is 2.12 bits per heavy atom. The van der Waals surface area contributed by atoms with Gasteiger partial charge in [-0.1, -0.05) is 5.21 Å². The molecule has 25 heavy (non-hydrogen) atoms. The molecule has 1 fully saturated rings. The number of aromatic nitrogens is 3. The van der Waals surface area contributed by atoms with Gasteiger partial charge in [0.25, 0.3) is 5.91 Å². The first-order chi connectivity index (χ1) is 12.0. The summed E-state index contributed by atoms with van der Waals surface area (Å²) in [5, 5.41) is 23.7. The van der Waals surface area contributed by atoms with Gasteiger partial charge in [-0.3, -0.25) is 4.79 Å². The third-order valence-corrected chi connectivity index (χ3v) is 4.21. The van der Waals surface area contributed by atoms with Crippen LogP contribution in [0.15, 0.2) is 24.4 Å². The molecule has 1 aromatic heterocycles. The molecule has 1 aliphatic heterocycles. The van der Waals surface area contributed by atoms with Gasteiger partial charge in [-0.15, -0.1) is 5.10 Å². The molecule has 0 aliphatic carbocycles. The van der Waals surface area contributed by atoms with Crippen LogP contribution >= 0.6 is 0 Å². The van der Waals surface area contributed by atoms with Crippen molar-refractivity contribution in [1.82, 2.24) is 25.6 Å². The van der Waals surface area contributed by atoms with Crippen LogP contribution in [0.3, 0.4) is 0 Å². The normalized spacial score (nSPS) is 16.6. The number of nitrogens with one attached hydrogen (secondary N) is 2. The molecule has 0 unspecified atom stereocenters. The lowest BCUT2D eigenvalue weighted by atomic mass is 9.92. The maximum Gasteiger partial charge on any atom is 0.273 e. The van der Waals surface area contributed by atoms with Crippen molar-refractivity contribution in [2.75, 3.05) is 13.1 Å². The molecule has 2 heterocycles. The lowest BCUT2D eigenvalue weighted by Gasteiger charge is -2.32. The number of amides is 1. The standard InChI is InChI=1S/C16H19F2N5O2/c17-12-1-2-13(18)11(7-12)8-20-15(24)14-9-23(22-21-14)10-16(25)3-5-19-6-4-16/h1-2,7,9,19,25H,3-6,8,10H2,(H,20,24). The second kappa shape index (κ2) is 7.24. The molecule has 1 saturated heterocycles. The number of rotatable bonds is 5. The summed E-state index contributed by atoms with van der Waals surface area (Å²) in [6, 6.07) is 3.05. The molecule has 1 aromatic carbocycles. The molecule has 0 bridgehead atoms. The zero-order chi connectivity index (χ0) is 17.9. The minimum atomic E-state index is -0.878. The van der Waals surface area contributed by atoms with Gasteiger partial charge < -0.3 is 15.7 Å². The van der Waals surface area contributed by atoms with Crippen molar-refractivity contribution in [2.45, 2.75) is 31.5 Å². The lowest BCUT2D eigenvalue weighted by Crippen LogP contribution is -2.44. The fourth-order valence-electron chi connectivity index (χ4n) is 2.78. The first kappa shape index (κ1) is 17.4. The Bertz CT molecular complexity index is 759. The molecule has 0 spiro atoms. The molecule has 0 radical (unpaired) electrons. The molecular weight excluding hydrogens is 332 g/mol. The highest BCUT2D eigenvalue weighted by Crippen LogP contribution is 2.19. The first-order valence-electron chi connectivity index (χ1n) is 8.01. The van der Waals surface area contributed by atoms with Crippen LogP contribution in [0, 0.1) is 11.6 Å². The molecule has 0 saturated carbocycles. The molecule has 1 aliphatic rings. The summed E-state index contributed by atoms with van der Waals surface area (Å²) in [5.41, 5.74) is -0.781. The highest BCUT2D eigenvalue weighted by Gasteiger charge is 2.30. The van der Waals surface area contributed by atoms with E-state index in [1.54, 1.807) is 0 Å². The summed E-state index contributed by atoms with van der Waals surface area (Å²) in [4.78, 5) is 12.1. The van der Waals surface area contributed by atoms with E-state index in [0.29, 0.717) is 12.8 Å². The number of carbonyl (C=O) groups excluding carboxylic acids is 1. The first-order valence-corrected chi connectivity index (χ1v) is 8.01. The molecule has 9 heteroatoms. The Morgan fingerprint density at radius 3 is 2.88 bits per heavy atom. The Balaban J connectivity index is 1.59. The van der Waals surface area contributed by atoms with E-state index in [9.17, 15) is 18.7 Å². The van der Waals surface area contributed by atoms with Gasteiger partial charge in [0.2, 0.25) is 0 Å². The average Bonchev–Trinajstić information content (AvgIpc) is 3.04. The quantitative estimate of drug-likeness (QED) is 0.734. The number of aliphatic hydroxyl groups is 1. The second-order valence-electron chi connectivity index (χ2n) is 6.19. The average molecular weight is 351 g/mol. The SMILES string of the molecule is O=C(NCc1cc(F)ccc1F)c1cn(CC2(O)CCNCC2)nn1. The van der Waals surface area contributed by atoms with Crippen LogP contribution in [0.5, 0.6) is 0 Å². The largest absolute Gasteiger partial charge is 0.388 e. The summed E-state index contributed by atoms with van der Waals surface area (Å²) in [7, 11) is 0. The molecule has 2 aromatic rings. The summed E-state index contributed by atoms with van der Waals surface area (Å²) < 4.78 is 28.1. The van der Waals surface area contributed by atoms with Crippen molar-refractivity contribution in [1.29, 1.82) is 0 Å². The third kappa shape index (κ3) is 4.37. The lowest BCUT2D eigenvalue weighted by molar-refractivity contribution is -0.00866. The van der Waals surface area contributed by atoms with Crippen LogP contribution in [0.25, 0.3) is 0 Å². The predicted octanol–water partition coefficient (Wildman–Crippen LogP) is 0.601. The van der Waals surface area contributed by atoms with Crippen LogP contribution in [-0.4, -0.2) is 44.7 Å². The Morgan fingerprint density at radius 1 is 1.36 bits per heavy atom. The van der Waals surface area contributed by atoms with Crippen LogP contribution in [-0.2, 0) is 13.1 Å². The van der Waals surface area contributed by atoms with Crippen molar-refractivity contribution in [3.8, 4) is 0 Å². The van der Waals surface area contributed by atoms with Crippen molar-refractivity contribution in [3.05, 3.63) is 47.3 Å². The predicted molar refractivity (Wildman–Crippen MR) is 84.6 cm³/mol. The fraction of sp³-hybridized carbons (Fsp3) is 0.438. The molecular formula is C16H19F2N5O2. The van der Waals surface area contributed by atoms with Gasteiger partial charge in [0, 0.05) is 12.1 Å². The summed E-state index contributed by atoms with van der Waals surface area (Å²) >= 11 is 0. The topological polar surface area (TPSA) is 92.1 Å². The molecule has 134 valence electrons. The zero-order valence-electron chi connectivity index (χ0n) is 13.5. The van der Waals surface area contributed by atoms with Crippen molar-refractivity contribution < 1.29 is 18.7 Å². The highest BCUT2D eigenvalue weighted by atomic mass is 19.1. The van der Waals surface area contributed by atoms with Crippen molar-refractivity contribution >= 4 is 5.91 Å². The van der Waals surface area contributed by atoms with Gasteiger partial charge in [-0.05, 0) is 44.1 Å². The molecule has 3 N–H and O–H groups in total. The molecule has 1 amide bonds. The minimum absolute atomic E-state index is 0.0461. The number of carbonyl (C=O) groups is 1. The highest BCUT2D eigenvalue weighted by molar-refractivity contribution is 5.91. The van der Waals surface area contributed by atoms with E-state index in [1.165, 1.54) is 10.9 Å². The Hall–Kier alpha value is -2.39. The molecule has 0 atom stereocenters. The number of halogens is 2. The summed E-state index contributed by atoms with van der Waals surface area (Å²) in [5.74, 6) is -1.72. The van der Waals surface area contributed by atoms with Gasteiger partial charge in [0.05, 0.1) is 18.3 Å². The van der Waals surface area contributed by atoms with Crippen LogP contribution < -0.4 is 10.6 Å². The van der Waals surface area contributed by atoms with Gasteiger partial charge in [-0.25, -0.2) is 13.5 Å². The van der Waals surface area contributed by atoms with Gasteiger partial charge in [0.15, 0.2) is 5.69 Å². The van der Waals surface area contributed by atoms with Crippen molar-refractivity contribution in [2.24, 2.45) is 0 Å². The molecule has 7 nitrogen and oxygen atoms in total. The fourth-order valence-corrected chi connectivity index (χ4v) is 2.78. The van der Waals surface area contributed by atoms with Gasteiger partial charge in [-0.2, -0.15) is 0 Å². The monoisotopic (exact) mass is 351 g/mol. The summed E-state index contributed by atoms with van der Waals surface area (Å²) in [6.07, 6.45) is 2.61. The van der Waals surface area contributed by atoms with E-state index in [2.05, 4.69) is 20.9 Å². The van der Waals surface area contributed by atoms with Crippen LogP contribution in [0.2, 0.25) is 0 Å². The summed E-state index contributed by atoms with van der Waals surface area (Å²) in [6.45, 7) is 1.52. The number of piperidine rings is 1. The number of nitrogens with zero attached hydrogens (tertiary/aromatic N) is 3. The van der Waals surface area contributed by atoms with Gasteiger partial charge in [0.1, 0.15) is 11.6 Å².